The summed E-state index contributed by atoms with van der Waals surface area (Å²) in [5.41, 5.74) is 5.83. The number of hydrogen-bond donors (Lipinski definition) is 2. The molecule has 0 aromatic heterocycles. The first-order valence-electron chi connectivity index (χ1n) is 11.5. The molecule has 2 aliphatic heterocycles. The summed E-state index contributed by atoms with van der Waals surface area (Å²) >= 11 is 0. The average molecular weight is 449 g/mol. The first-order chi connectivity index (χ1) is 16.0. The van der Waals surface area contributed by atoms with Crippen LogP contribution in [0.25, 0.3) is 0 Å². The van der Waals surface area contributed by atoms with E-state index in [1.807, 2.05) is 30.3 Å². The first-order valence-corrected chi connectivity index (χ1v) is 11.5. The molecule has 0 saturated carbocycles. The Kier molecular flexibility index (Phi) is 6.99. The predicted octanol–water partition coefficient (Wildman–Crippen LogP) is 3.30. The van der Waals surface area contributed by atoms with Crippen LogP contribution >= 0.6 is 0 Å². The van der Waals surface area contributed by atoms with Gasteiger partial charge in [-0.15, -0.1) is 0 Å². The van der Waals surface area contributed by atoms with Crippen LogP contribution in [0.4, 0.5) is 10.5 Å². The molecule has 2 aromatic rings. The van der Waals surface area contributed by atoms with Crippen molar-refractivity contribution >= 4 is 17.7 Å². The molecule has 0 radical (unpaired) electrons. The number of urea groups is 1. The molecule has 1 unspecified atom stereocenters. The van der Waals surface area contributed by atoms with E-state index in [-0.39, 0.29) is 12.6 Å². The van der Waals surface area contributed by atoms with E-state index in [1.54, 1.807) is 6.92 Å². The maximum atomic E-state index is 12.9. The van der Waals surface area contributed by atoms with Gasteiger partial charge in [-0.05, 0) is 43.5 Å². The lowest BCUT2D eigenvalue weighted by atomic mass is 9.95. The molecule has 7 nitrogen and oxygen atoms in total. The number of anilines is 1. The van der Waals surface area contributed by atoms with Crippen LogP contribution in [0.15, 0.2) is 59.8 Å². The zero-order valence-corrected chi connectivity index (χ0v) is 19.6. The van der Waals surface area contributed by atoms with Crippen LogP contribution < -0.4 is 15.5 Å². The Labute approximate surface area is 195 Å². The monoisotopic (exact) mass is 448 g/mol. The third kappa shape index (κ3) is 5.03. The maximum Gasteiger partial charge on any atom is 0.338 e. The number of carbonyl (C=O) groups is 2. The van der Waals surface area contributed by atoms with Gasteiger partial charge in [0.05, 0.1) is 18.2 Å². The maximum absolute atomic E-state index is 12.9. The van der Waals surface area contributed by atoms with Gasteiger partial charge in [0.25, 0.3) is 0 Å². The molecule has 1 fully saturated rings. The van der Waals surface area contributed by atoms with Gasteiger partial charge in [0.1, 0.15) is 0 Å². The van der Waals surface area contributed by atoms with E-state index in [2.05, 4.69) is 52.5 Å². The standard InChI is InChI=1S/C26H32N4O3/c1-4-33-25(31)23-21(27-26(32)28-24(23)20-10-6-5-7-11-20)17-29-13-15-30(16-14-29)22-12-8-9-18(2)19(22)3/h5-12,24H,4,13-17H2,1-3H3,(H2,27,28,32). The summed E-state index contributed by atoms with van der Waals surface area (Å²) in [6, 6.07) is 15.1. The molecule has 2 aromatic carbocycles. The summed E-state index contributed by atoms with van der Waals surface area (Å²) in [6.45, 7) is 10.3. The van der Waals surface area contributed by atoms with Crippen molar-refractivity contribution in [2.45, 2.75) is 26.8 Å². The van der Waals surface area contributed by atoms with E-state index in [0.29, 0.717) is 17.8 Å². The number of benzene rings is 2. The van der Waals surface area contributed by atoms with Crippen LogP contribution in [0.2, 0.25) is 0 Å². The van der Waals surface area contributed by atoms with Crippen molar-refractivity contribution < 1.29 is 14.3 Å². The van der Waals surface area contributed by atoms with Crippen molar-refractivity contribution in [3.8, 4) is 0 Å². The van der Waals surface area contributed by atoms with E-state index in [9.17, 15) is 9.59 Å². The number of amides is 2. The Hall–Kier alpha value is -3.32. The van der Waals surface area contributed by atoms with Crippen molar-refractivity contribution in [2.24, 2.45) is 0 Å². The van der Waals surface area contributed by atoms with Crippen molar-refractivity contribution in [3.05, 3.63) is 76.5 Å². The zero-order valence-electron chi connectivity index (χ0n) is 19.6. The lowest BCUT2D eigenvalue weighted by molar-refractivity contribution is -0.139. The fraction of sp³-hybridized carbons (Fsp3) is 0.385. The third-order valence-corrected chi connectivity index (χ3v) is 6.45. The Balaban J connectivity index is 1.55. The molecule has 7 heteroatoms. The summed E-state index contributed by atoms with van der Waals surface area (Å²) in [4.78, 5) is 30.1. The van der Waals surface area contributed by atoms with Crippen LogP contribution in [-0.2, 0) is 9.53 Å². The molecule has 0 spiro atoms. The van der Waals surface area contributed by atoms with E-state index in [0.717, 1.165) is 31.7 Å². The van der Waals surface area contributed by atoms with Crippen molar-refractivity contribution in [3.63, 3.8) is 0 Å². The zero-order chi connectivity index (χ0) is 23.4. The second-order valence-electron chi connectivity index (χ2n) is 8.54. The van der Waals surface area contributed by atoms with Gasteiger partial charge >= 0.3 is 12.0 Å². The lowest BCUT2D eigenvalue weighted by Crippen LogP contribution is -2.52. The van der Waals surface area contributed by atoms with Gasteiger partial charge in [0.2, 0.25) is 0 Å². The van der Waals surface area contributed by atoms with Gasteiger partial charge in [-0.25, -0.2) is 9.59 Å². The highest BCUT2D eigenvalue weighted by Gasteiger charge is 2.34. The molecule has 0 bridgehead atoms. The molecule has 2 N–H and O–H groups in total. The summed E-state index contributed by atoms with van der Waals surface area (Å²) in [5.74, 6) is -0.400. The fourth-order valence-electron chi connectivity index (χ4n) is 4.54. The van der Waals surface area contributed by atoms with Gasteiger partial charge in [0.15, 0.2) is 0 Å². The number of aryl methyl sites for hydroxylation is 1. The van der Waals surface area contributed by atoms with Gasteiger partial charge in [-0.3, -0.25) is 4.90 Å². The van der Waals surface area contributed by atoms with Crippen LogP contribution in [-0.4, -0.2) is 56.2 Å². The molecule has 1 saturated heterocycles. The molecule has 1 atom stereocenters. The smallest absolute Gasteiger partial charge is 0.338 e. The normalized spacial score (nSPS) is 19.2. The molecular formula is C26H32N4O3. The van der Waals surface area contributed by atoms with E-state index >= 15 is 0 Å². The number of nitrogens with zero attached hydrogens (tertiary/aromatic N) is 2. The predicted molar refractivity (Wildman–Crippen MR) is 129 cm³/mol. The van der Waals surface area contributed by atoms with Crippen molar-refractivity contribution in [1.82, 2.24) is 15.5 Å². The number of carbonyl (C=O) groups excluding carboxylic acids is 2. The minimum absolute atomic E-state index is 0.277. The molecule has 0 aliphatic carbocycles. The third-order valence-electron chi connectivity index (χ3n) is 6.45. The van der Waals surface area contributed by atoms with Crippen LogP contribution in [0.5, 0.6) is 0 Å². The first kappa shape index (κ1) is 22.9. The second-order valence-corrected chi connectivity index (χ2v) is 8.54. The van der Waals surface area contributed by atoms with Gasteiger partial charge < -0.3 is 20.3 Å². The van der Waals surface area contributed by atoms with Crippen LogP contribution in [0.1, 0.15) is 29.7 Å². The summed E-state index contributed by atoms with van der Waals surface area (Å²) < 4.78 is 5.37. The molecule has 4 rings (SSSR count). The molecule has 33 heavy (non-hydrogen) atoms. The Morgan fingerprint density at radius 1 is 1.03 bits per heavy atom. The van der Waals surface area contributed by atoms with Crippen molar-refractivity contribution in [1.29, 1.82) is 0 Å². The quantitative estimate of drug-likeness (QED) is 0.664. The molecule has 2 heterocycles. The fourth-order valence-corrected chi connectivity index (χ4v) is 4.54. The number of esters is 1. The number of nitrogens with one attached hydrogen (secondary N) is 2. The SMILES string of the molecule is CCOC(=O)C1=C(CN2CCN(c3cccc(C)c3C)CC2)NC(=O)NC1c1ccccc1. The largest absolute Gasteiger partial charge is 0.463 e. The minimum Gasteiger partial charge on any atom is -0.463 e. The molecule has 174 valence electrons. The number of hydrogen-bond acceptors (Lipinski definition) is 5. The van der Waals surface area contributed by atoms with Gasteiger partial charge in [-0.1, -0.05) is 42.5 Å². The lowest BCUT2D eigenvalue weighted by Gasteiger charge is -2.38. The highest BCUT2D eigenvalue weighted by atomic mass is 16.5. The van der Waals surface area contributed by atoms with Crippen LogP contribution in [0.3, 0.4) is 0 Å². The topological polar surface area (TPSA) is 73.9 Å². The number of piperazine rings is 1. The highest BCUT2D eigenvalue weighted by Crippen LogP contribution is 2.29. The summed E-state index contributed by atoms with van der Waals surface area (Å²) in [6.07, 6.45) is 0. The number of rotatable bonds is 6. The van der Waals surface area contributed by atoms with Crippen LogP contribution in [0, 0.1) is 13.8 Å². The Bertz CT molecular complexity index is 1040. The highest BCUT2D eigenvalue weighted by molar-refractivity contribution is 5.95. The summed E-state index contributed by atoms with van der Waals surface area (Å²) in [5, 5.41) is 5.78. The average Bonchev–Trinajstić information content (AvgIpc) is 2.82. The Morgan fingerprint density at radius 2 is 1.76 bits per heavy atom. The van der Waals surface area contributed by atoms with E-state index in [1.165, 1.54) is 16.8 Å². The summed E-state index contributed by atoms with van der Waals surface area (Å²) in [7, 11) is 0. The van der Waals surface area contributed by atoms with E-state index < -0.39 is 12.0 Å². The Morgan fingerprint density at radius 3 is 2.45 bits per heavy atom. The number of ether oxygens (including phenoxy) is 1. The van der Waals surface area contributed by atoms with E-state index in [4.69, 9.17) is 4.74 Å². The van der Waals surface area contributed by atoms with Crippen molar-refractivity contribution in [2.75, 3.05) is 44.2 Å². The van der Waals surface area contributed by atoms with Gasteiger partial charge in [-0.2, -0.15) is 0 Å². The second kappa shape index (κ2) is 10.1. The molecular weight excluding hydrogens is 416 g/mol. The molecule has 2 aliphatic rings. The minimum atomic E-state index is -0.537. The van der Waals surface area contributed by atoms with Gasteiger partial charge in [0, 0.05) is 44.1 Å². The molecule has 2 amide bonds.